The van der Waals surface area contributed by atoms with Crippen molar-refractivity contribution in [2.24, 2.45) is 0 Å². The number of carbonyl (C=O) groups excluding carboxylic acids is 1. The Kier molecular flexibility index (Phi) is 5.84. The topological polar surface area (TPSA) is 50.3 Å². The molecule has 26 heavy (non-hydrogen) atoms. The van der Waals surface area contributed by atoms with E-state index in [1.165, 1.54) is 25.9 Å². The van der Waals surface area contributed by atoms with Crippen LogP contribution in [0.4, 0.5) is 0 Å². The van der Waals surface area contributed by atoms with Crippen molar-refractivity contribution < 1.29 is 9.90 Å². The van der Waals surface area contributed by atoms with Crippen molar-refractivity contribution in [1.29, 1.82) is 0 Å². The molecule has 0 aromatic heterocycles. The van der Waals surface area contributed by atoms with Gasteiger partial charge in [0.25, 0.3) is 0 Å². The van der Waals surface area contributed by atoms with Gasteiger partial charge in [-0.15, -0.1) is 0 Å². The standard InChI is InChI=1S/C20H36N4O2/c25-19(24-9-3-4-10-24)16-21-12-14-22(15-13-21)17-20(26)7-5-11-23-8-2-1-6-18(20)23/h18,26H,1-17H2/t18-,20-/m1/s1. The molecule has 0 unspecified atom stereocenters. The Bertz CT molecular complexity index is 486. The molecule has 4 aliphatic rings. The van der Waals surface area contributed by atoms with E-state index < -0.39 is 5.60 Å². The van der Waals surface area contributed by atoms with Gasteiger partial charge in [0.2, 0.25) is 5.91 Å². The van der Waals surface area contributed by atoms with Crippen molar-refractivity contribution in [3.05, 3.63) is 0 Å². The number of nitrogens with zero attached hydrogens (tertiary/aromatic N) is 4. The molecule has 0 spiro atoms. The van der Waals surface area contributed by atoms with Crippen LogP contribution in [0, 0.1) is 0 Å². The third-order valence-electron chi connectivity index (χ3n) is 7.07. The van der Waals surface area contributed by atoms with E-state index in [1.54, 1.807) is 0 Å². The van der Waals surface area contributed by atoms with Crippen molar-refractivity contribution in [1.82, 2.24) is 19.6 Å². The summed E-state index contributed by atoms with van der Waals surface area (Å²) in [7, 11) is 0. The van der Waals surface area contributed by atoms with Crippen molar-refractivity contribution in [2.45, 2.75) is 56.6 Å². The summed E-state index contributed by atoms with van der Waals surface area (Å²) in [6.45, 7) is 9.46. The first kappa shape index (κ1) is 18.7. The zero-order chi connectivity index (χ0) is 18.0. The summed E-state index contributed by atoms with van der Waals surface area (Å²) in [6.07, 6.45) is 8.10. The van der Waals surface area contributed by atoms with E-state index in [0.717, 1.165) is 77.9 Å². The lowest BCUT2D eigenvalue weighted by atomic mass is 9.79. The number of amides is 1. The molecule has 6 heteroatoms. The number of likely N-dealkylation sites (tertiary alicyclic amines) is 1. The number of rotatable bonds is 4. The molecule has 4 rings (SSSR count). The highest BCUT2D eigenvalue weighted by Crippen LogP contribution is 2.34. The molecule has 0 aromatic carbocycles. The van der Waals surface area contributed by atoms with Gasteiger partial charge in [-0.25, -0.2) is 0 Å². The molecule has 0 bridgehead atoms. The Morgan fingerprint density at radius 3 is 2.27 bits per heavy atom. The van der Waals surface area contributed by atoms with Gasteiger partial charge in [-0.05, 0) is 51.6 Å². The molecule has 2 atom stereocenters. The van der Waals surface area contributed by atoms with Crippen molar-refractivity contribution in [3.8, 4) is 0 Å². The number of piperidine rings is 2. The fraction of sp³-hybridized carbons (Fsp3) is 0.950. The number of β-amino-alcohol motifs (C(OH)–C–C–N with tert-alkyl or cyclic N) is 1. The summed E-state index contributed by atoms with van der Waals surface area (Å²) in [5.41, 5.74) is -0.536. The SMILES string of the molecule is O=C(CN1CCN(C[C@]2(O)CCCN3CCCC[C@@H]32)CC1)N1CCCC1. The quantitative estimate of drug-likeness (QED) is 0.792. The van der Waals surface area contributed by atoms with Crippen LogP contribution in [0.3, 0.4) is 0 Å². The molecule has 148 valence electrons. The van der Waals surface area contributed by atoms with Crippen LogP contribution in [0.5, 0.6) is 0 Å². The van der Waals surface area contributed by atoms with E-state index in [1.807, 2.05) is 4.90 Å². The normalized spacial score (nSPS) is 34.8. The molecule has 1 N–H and O–H groups in total. The lowest BCUT2D eigenvalue weighted by Crippen LogP contribution is -2.64. The van der Waals surface area contributed by atoms with Gasteiger partial charge in [0.05, 0.1) is 12.1 Å². The van der Waals surface area contributed by atoms with Crippen molar-refractivity contribution >= 4 is 5.91 Å². The van der Waals surface area contributed by atoms with E-state index in [2.05, 4.69) is 14.7 Å². The number of hydrogen-bond acceptors (Lipinski definition) is 5. The van der Waals surface area contributed by atoms with E-state index in [-0.39, 0.29) is 0 Å². The second-order valence-electron chi connectivity index (χ2n) is 8.89. The third kappa shape index (κ3) is 4.08. The Hall–Kier alpha value is -0.690. The van der Waals surface area contributed by atoms with Gasteiger partial charge in [0.15, 0.2) is 0 Å². The number of hydrogen-bond donors (Lipinski definition) is 1. The monoisotopic (exact) mass is 364 g/mol. The summed E-state index contributed by atoms with van der Waals surface area (Å²) in [4.78, 5) is 21.6. The minimum absolute atomic E-state index is 0.305. The van der Waals surface area contributed by atoms with Crippen LogP contribution in [-0.2, 0) is 4.79 Å². The largest absolute Gasteiger partial charge is 0.387 e. The Balaban J connectivity index is 1.26. The van der Waals surface area contributed by atoms with E-state index in [4.69, 9.17) is 0 Å². The highest BCUT2D eigenvalue weighted by Gasteiger charge is 2.45. The van der Waals surface area contributed by atoms with Crippen LogP contribution in [0.25, 0.3) is 0 Å². The molecular formula is C20H36N4O2. The highest BCUT2D eigenvalue weighted by molar-refractivity contribution is 5.78. The van der Waals surface area contributed by atoms with Crippen molar-refractivity contribution in [2.75, 3.05) is 65.4 Å². The van der Waals surface area contributed by atoms with Crippen LogP contribution in [-0.4, -0.2) is 108 Å². The zero-order valence-corrected chi connectivity index (χ0v) is 16.2. The maximum absolute atomic E-state index is 12.3. The van der Waals surface area contributed by atoms with Gasteiger partial charge < -0.3 is 10.0 Å². The highest BCUT2D eigenvalue weighted by atomic mass is 16.3. The summed E-state index contributed by atoms with van der Waals surface area (Å²) >= 11 is 0. The van der Waals surface area contributed by atoms with Crippen molar-refractivity contribution in [3.63, 3.8) is 0 Å². The van der Waals surface area contributed by atoms with Gasteiger partial charge >= 0.3 is 0 Å². The van der Waals surface area contributed by atoms with Crippen LogP contribution in [0.2, 0.25) is 0 Å². The maximum atomic E-state index is 12.3. The molecular weight excluding hydrogens is 328 g/mol. The van der Waals surface area contributed by atoms with Gasteiger partial charge in [0, 0.05) is 51.9 Å². The molecule has 4 aliphatic heterocycles. The van der Waals surface area contributed by atoms with Gasteiger partial charge in [0.1, 0.15) is 0 Å². The minimum atomic E-state index is -0.536. The number of fused-ring (bicyclic) bond motifs is 1. The molecule has 6 nitrogen and oxygen atoms in total. The first-order valence-electron chi connectivity index (χ1n) is 10.8. The summed E-state index contributed by atoms with van der Waals surface area (Å²) in [5.74, 6) is 0.305. The minimum Gasteiger partial charge on any atom is -0.387 e. The number of aliphatic hydroxyl groups is 1. The molecule has 0 radical (unpaired) electrons. The van der Waals surface area contributed by atoms with Crippen LogP contribution >= 0.6 is 0 Å². The number of carbonyl (C=O) groups is 1. The predicted molar refractivity (Wildman–Crippen MR) is 102 cm³/mol. The molecule has 0 aromatic rings. The molecule has 4 fully saturated rings. The average molecular weight is 365 g/mol. The lowest BCUT2D eigenvalue weighted by molar-refractivity contribution is -0.132. The van der Waals surface area contributed by atoms with Crippen LogP contribution in [0.15, 0.2) is 0 Å². The second kappa shape index (κ2) is 8.13. The summed E-state index contributed by atoms with van der Waals surface area (Å²) < 4.78 is 0. The molecule has 0 aliphatic carbocycles. The fourth-order valence-electron chi connectivity index (χ4n) is 5.56. The zero-order valence-electron chi connectivity index (χ0n) is 16.2. The smallest absolute Gasteiger partial charge is 0.236 e. The average Bonchev–Trinajstić information content (AvgIpc) is 3.19. The fourth-order valence-corrected chi connectivity index (χ4v) is 5.56. The Morgan fingerprint density at radius 2 is 1.50 bits per heavy atom. The lowest BCUT2D eigenvalue weighted by Gasteiger charge is -2.51. The van der Waals surface area contributed by atoms with E-state index in [9.17, 15) is 9.90 Å². The van der Waals surface area contributed by atoms with Crippen LogP contribution in [0.1, 0.15) is 44.9 Å². The first-order chi connectivity index (χ1) is 12.6. The summed E-state index contributed by atoms with van der Waals surface area (Å²) in [5, 5.41) is 11.4. The second-order valence-corrected chi connectivity index (χ2v) is 8.89. The van der Waals surface area contributed by atoms with Gasteiger partial charge in [-0.3, -0.25) is 19.5 Å². The van der Waals surface area contributed by atoms with Gasteiger partial charge in [-0.2, -0.15) is 0 Å². The summed E-state index contributed by atoms with van der Waals surface area (Å²) in [6, 6.07) is 0.361. The van der Waals surface area contributed by atoms with E-state index >= 15 is 0 Å². The molecule has 4 heterocycles. The van der Waals surface area contributed by atoms with Gasteiger partial charge in [-0.1, -0.05) is 6.42 Å². The number of piperazine rings is 1. The molecule has 4 saturated heterocycles. The maximum Gasteiger partial charge on any atom is 0.236 e. The molecule has 1 amide bonds. The first-order valence-corrected chi connectivity index (χ1v) is 10.8. The third-order valence-corrected chi connectivity index (χ3v) is 7.07. The Labute approximate surface area is 158 Å². The predicted octanol–water partition coefficient (Wildman–Crippen LogP) is 0.606. The molecule has 0 saturated carbocycles. The Morgan fingerprint density at radius 1 is 0.846 bits per heavy atom. The van der Waals surface area contributed by atoms with E-state index in [0.29, 0.717) is 18.5 Å². The van der Waals surface area contributed by atoms with Crippen LogP contribution < -0.4 is 0 Å².